The van der Waals surface area contributed by atoms with Crippen LogP contribution in [-0.2, 0) is 27.7 Å². The fraction of sp³-hybridized carbons (Fsp3) is 0.174. The molecule has 30 heavy (non-hydrogen) atoms. The van der Waals surface area contributed by atoms with Gasteiger partial charge in [0.15, 0.2) is 0 Å². The normalized spacial score (nSPS) is 11.2. The lowest BCUT2D eigenvalue weighted by molar-refractivity contribution is -0.116. The highest BCUT2D eigenvalue weighted by atomic mass is 32.2. The summed E-state index contributed by atoms with van der Waals surface area (Å²) in [5.74, 6) is -0.651. The zero-order valence-corrected chi connectivity index (χ0v) is 17.2. The highest BCUT2D eigenvalue weighted by Crippen LogP contribution is 2.14. The molecular weight excluding hydrogens is 403 g/mol. The van der Waals surface area contributed by atoms with Gasteiger partial charge in [-0.05, 0) is 54.3 Å². The van der Waals surface area contributed by atoms with Crippen LogP contribution in [-0.4, -0.2) is 20.9 Å². The first-order valence-corrected chi connectivity index (χ1v) is 11.1. The minimum absolute atomic E-state index is 0.184. The zero-order chi connectivity index (χ0) is 21.4. The Morgan fingerprint density at radius 1 is 0.833 bits per heavy atom. The second kappa shape index (κ2) is 10.1. The number of aryl methyl sites for hydroxylation is 1. The average Bonchev–Trinajstić information content (AvgIpc) is 2.73. The molecule has 0 fully saturated rings. The van der Waals surface area contributed by atoms with Crippen molar-refractivity contribution in [3.63, 3.8) is 0 Å². The van der Waals surface area contributed by atoms with E-state index in [1.54, 1.807) is 18.2 Å². The first-order chi connectivity index (χ1) is 14.4. The van der Waals surface area contributed by atoms with Gasteiger partial charge in [-0.25, -0.2) is 17.5 Å². The molecule has 0 aliphatic carbocycles. The summed E-state index contributed by atoms with van der Waals surface area (Å²) in [6.07, 6.45) is 1.26. The van der Waals surface area contributed by atoms with Crippen molar-refractivity contribution in [3.8, 4) is 0 Å². The summed E-state index contributed by atoms with van der Waals surface area (Å²) < 4.78 is 40.6. The van der Waals surface area contributed by atoms with Gasteiger partial charge in [-0.15, -0.1) is 0 Å². The number of halogens is 1. The van der Waals surface area contributed by atoms with E-state index < -0.39 is 15.8 Å². The van der Waals surface area contributed by atoms with E-state index in [1.165, 1.54) is 30.3 Å². The Hall–Kier alpha value is -3.03. The van der Waals surface area contributed by atoms with E-state index >= 15 is 0 Å². The third kappa shape index (κ3) is 6.50. The molecule has 0 saturated carbocycles. The minimum atomic E-state index is -3.59. The second-order valence-corrected chi connectivity index (χ2v) is 8.60. The van der Waals surface area contributed by atoms with Gasteiger partial charge in [0.05, 0.1) is 4.90 Å². The number of rotatable bonds is 9. The number of carbonyl (C=O) groups excluding carboxylic acids is 1. The van der Waals surface area contributed by atoms with Crippen molar-refractivity contribution in [2.75, 3.05) is 11.9 Å². The Labute approximate surface area is 176 Å². The number of carbonyl (C=O) groups is 1. The molecule has 156 valence electrons. The molecule has 1 amide bonds. The van der Waals surface area contributed by atoms with Gasteiger partial charge in [0, 0.05) is 18.7 Å². The molecular formula is C23H23FN2O3S. The molecule has 3 aromatic rings. The van der Waals surface area contributed by atoms with Crippen LogP contribution in [0.15, 0.2) is 83.8 Å². The second-order valence-electron chi connectivity index (χ2n) is 6.84. The third-order valence-corrected chi connectivity index (χ3v) is 6.01. The highest BCUT2D eigenvalue weighted by Gasteiger charge is 2.13. The van der Waals surface area contributed by atoms with Crippen molar-refractivity contribution >= 4 is 21.6 Å². The predicted molar refractivity (Wildman–Crippen MR) is 115 cm³/mol. The van der Waals surface area contributed by atoms with Crippen LogP contribution >= 0.6 is 0 Å². The largest absolute Gasteiger partial charge is 0.326 e. The van der Waals surface area contributed by atoms with Gasteiger partial charge >= 0.3 is 0 Å². The van der Waals surface area contributed by atoms with Gasteiger partial charge in [0.2, 0.25) is 15.9 Å². The molecule has 0 saturated heterocycles. The molecule has 0 aliphatic heterocycles. The van der Waals surface area contributed by atoms with Crippen molar-refractivity contribution < 1.29 is 17.6 Å². The van der Waals surface area contributed by atoms with Crippen molar-refractivity contribution in [1.29, 1.82) is 0 Å². The Balaban J connectivity index is 1.49. The average molecular weight is 427 g/mol. The lowest BCUT2D eigenvalue weighted by Crippen LogP contribution is -2.26. The van der Waals surface area contributed by atoms with E-state index in [2.05, 4.69) is 10.0 Å². The van der Waals surface area contributed by atoms with E-state index in [4.69, 9.17) is 0 Å². The standard InChI is InChI=1S/C23H23FN2O3S/c24-20-7-4-8-21(17-20)26-23(27)14-11-19-9-12-22(13-10-19)30(28,29)25-16-15-18-5-2-1-3-6-18/h1-10,12-13,17,25H,11,14-16H2,(H,26,27). The number of sulfonamides is 1. The molecule has 5 nitrogen and oxygen atoms in total. The van der Waals surface area contributed by atoms with Crippen molar-refractivity contribution in [3.05, 3.63) is 95.8 Å². The first kappa shape index (κ1) is 21.7. The van der Waals surface area contributed by atoms with Gasteiger partial charge in [0.25, 0.3) is 0 Å². The van der Waals surface area contributed by atoms with Crippen LogP contribution in [0.25, 0.3) is 0 Å². The monoisotopic (exact) mass is 426 g/mol. The topological polar surface area (TPSA) is 75.3 Å². The smallest absolute Gasteiger partial charge is 0.240 e. The summed E-state index contributed by atoms with van der Waals surface area (Å²) >= 11 is 0. The van der Waals surface area contributed by atoms with Crippen molar-refractivity contribution in [2.45, 2.75) is 24.2 Å². The molecule has 0 atom stereocenters. The van der Waals surface area contributed by atoms with Crippen LogP contribution in [0.2, 0.25) is 0 Å². The highest BCUT2D eigenvalue weighted by molar-refractivity contribution is 7.89. The number of hydrogen-bond acceptors (Lipinski definition) is 3. The Morgan fingerprint density at radius 2 is 1.53 bits per heavy atom. The quantitative estimate of drug-likeness (QED) is 0.545. The molecule has 2 N–H and O–H groups in total. The lowest BCUT2D eigenvalue weighted by Gasteiger charge is -2.08. The summed E-state index contributed by atoms with van der Waals surface area (Å²) in [7, 11) is -3.59. The van der Waals surface area contributed by atoms with Crippen LogP contribution in [0.1, 0.15) is 17.5 Å². The van der Waals surface area contributed by atoms with Crippen LogP contribution in [0.3, 0.4) is 0 Å². The Bertz CT molecular complexity index is 1080. The molecule has 0 bridgehead atoms. The fourth-order valence-electron chi connectivity index (χ4n) is 2.94. The van der Waals surface area contributed by atoms with Crippen LogP contribution in [0, 0.1) is 5.82 Å². The minimum Gasteiger partial charge on any atom is -0.326 e. The maximum atomic E-state index is 13.2. The number of amides is 1. The molecule has 3 rings (SSSR count). The van der Waals surface area contributed by atoms with Crippen LogP contribution in [0.5, 0.6) is 0 Å². The summed E-state index contributed by atoms with van der Waals surface area (Å²) in [6, 6.07) is 21.8. The van der Waals surface area contributed by atoms with E-state index in [0.29, 0.717) is 25.1 Å². The maximum absolute atomic E-state index is 13.2. The molecule has 0 unspecified atom stereocenters. The van der Waals surface area contributed by atoms with Crippen LogP contribution < -0.4 is 10.0 Å². The Morgan fingerprint density at radius 3 is 2.23 bits per heavy atom. The van der Waals surface area contributed by atoms with E-state index in [1.807, 2.05) is 30.3 Å². The molecule has 0 heterocycles. The predicted octanol–water partition coefficient (Wildman–Crippen LogP) is 3.92. The molecule has 0 radical (unpaired) electrons. The van der Waals surface area contributed by atoms with E-state index in [9.17, 15) is 17.6 Å². The molecule has 7 heteroatoms. The van der Waals surface area contributed by atoms with Gasteiger partial charge in [-0.3, -0.25) is 4.79 Å². The summed E-state index contributed by atoms with van der Waals surface area (Å²) in [6.45, 7) is 0.314. The van der Waals surface area contributed by atoms with E-state index in [-0.39, 0.29) is 17.2 Å². The first-order valence-electron chi connectivity index (χ1n) is 9.60. The number of benzene rings is 3. The van der Waals surface area contributed by atoms with Crippen LogP contribution in [0.4, 0.5) is 10.1 Å². The van der Waals surface area contributed by atoms with Gasteiger partial charge < -0.3 is 5.32 Å². The molecule has 0 spiro atoms. The third-order valence-electron chi connectivity index (χ3n) is 4.53. The fourth-order valence-corrected chi connectivity index (χ4v) is 3.97. The molecule has 0 aromatic heterocycles. The number of anilines is 1. The summed E-state index contributed by atoms with van der Waals surface area (Å²) in [5, 5.41) is 2.64. The lowest BCUT2D eigenvalue weighted by atomic mass is 10.1. The zero-order valence-electron chi connectivity index (χ0n) is 16.3. The molecule has 0 aliphatic rings. The molecule has 3 aromatic carbocycles. The van der Waals surface area contributed by atoms with Gasteiger partial charge in [0.1, 0.15) is 5.82 Å². The van der Waals surface area contributed by atoms with Crippen molar-refractivity contribution in [2.24, 2.45) is 0 Å². The SMILES string of the molecule is O=C(CCc1ccc(S(=O)(=O)NCCc2ccccc2)cc1)Nc1cccc(F)c1. The Kier molecular flexibility index (Phi) is 7.32. The number of hydrogen-bond donors (Lipinski definition) is 2. The summed E-state index contributed by atoms with van der Waals surface area (Å²) in [5.41, 5.74) is 2.31. The summed E-state index contributed by atoms with van der Waals surface area (Å²) in [4.78, 5) is 12.2. The van der Waals surface area contributed by atoms with Gasteiger partial charge in [-0.1, -0.05) is 48.5 Å². The van der Waals surface area contributed by atoms with Crippen molar-refractivity contribution in [1.82, 2.24) is 4.72 Å². The van der Waals surface area contributed by atoms with E-state index in [0.717, 1.165) is 11.1 Å². The van der Waals surface area contributed by atoms with Gasteiger partial charge in [-0.2, -0.15) is 0 Å². The number of nitrogens with one attached hydrogen (secondary N) is 2. The maximum Gasteiger partial charge on any atom is 0.240 e.